The molecule has 3 rings (SSSR count). The molecule has 21 heavy (non-hydrogen) atoms. The van der Waals surface area contributed by atoms with Crippen LogP contribution < -0.4 is 0 Å². The first kappa shape index (κ1) is 14.1. The number of hydrogen-bond donors (Lipinski definition) is 1. The quantitative estimate of drug-likeness (QED) is 0.551. The van der Waals surface area contributed by atoms with Crippen LogP contribution in [0.15, 0.2) is 56.7 Å². The van der Waals surface area contributed by atoms with Gasteiger partial charge in [0.1, 0.15) is 0 Å². The molecule has 5 nitrogen and oxygen atoms in total. The molecule has 0 saturated heterocycles. The summed E-state index contributed by atoms with van der Waals surface area (Å²) in [5, 5.41) is 8.31. The predicted molar refractivity (Wildman–Crippen MR) is 83.3 cm³/mol. The topological polar surface area (TPSA) is 71.8 Å². The maximum absolute atomic E-state index is 11.8. The number of ketones is 1. The van der Waals surface area contributed by atoms with E-state index in [0.717, 1.165) is 10.0 Å². The fraction of sp³-hybridized carbons (Fsp3) is 0.0714. The van der Waals surface area contributed by atoms with Crippen LogP contribution in [0.1, 0.15) is 10.5 Å². The Hall–Kier alpha value is -1.86. The van der Waals surface area contributed by atoms with Crippen LogP contribution >= 0.6 is 27.7 Å². The van der Waals surface area contributed by atoms with E-state index >= 15 is 0 Å². The fourth-order valence-corrected chi connectivity index (χ4v) is 2.60. The van der Waals surface area contributed by atoms with Crippen LogP contribution in [0, 0.1) is 0 Å². The van der Waals surface area contributed by atoms with Gasteiger partial charge < -0.3 is 9.40 Å². The zero-order valence-corrected chi connectivity index (χ0v) is 13.1. The number of carbonyl (C=O) groups is 1. The van der Waals surface area contributed by atoms with Gasteiger partial charge in [-0.05, 0) is 36.4 Å². The van der Waals surface area contributed by atoms with Gasteiger partial charge in [-0.3, -0.25) is 4.79 Å². The highest BCUT2D eigenvalue weighted by Gasteiger charge is 2.12. The van der Waals surface area contributed by atoms with Gasteiger partial charge in [-0.25, -0.2) is 0 Å². The van der Waals surface area contributed by atoms with Crippen LogP contribution in [-0.2, 0) is 0 Å². The molecule has 0 unspecified atom stereocenters. The number of aromatic amines is 1. The molecule has 2 aromatic heterocycles. The summed E-state index contributed by atoms with van der Waals surface area (Å²) in [5.74, 6) is 0.688. The molecule has 0 amide bonds. The van der Waals surface area contributed by atoms with E-state index in [4.69, 9.17) is 4.42 Å². The van der Waals surface area contributed by atoms with Crippen LogP contribution in [0.25, 0.3) is 11.5 Å². The first-order chi connectivity index (χ1) is 10.2. The van der Waals surface area contributed by atoms with Crippen LogP contribution in [0.3, 0.4) is 0 Å². The summed E-state index contributed by atoms with van der Waals surface area (Å²) >= 11 is 4.60. The number of H-pyrrole nitrogens is 1. The molecule has 0 fully saturated rings. The molecule has 1 aromatic carbocycles. The highest BCUT2D eigenvalue weighted by atomic mass is 79.9. The van der Waals surface area contributed by atoms with Crippen molar-refractivity contribution < 1.29 is 9.21 Å². The second kappa shape index (κ2) is 6.28. The Bertz CT molecular complexity index is 738. The zero-order chi connectivity index (χ0) is 14.7. The molecule has 0 bridgehead atoms. The lowest BCUT2D eigenvalue weighted by Crippen LogP contribution is -2.02. The summed E-state index contributed by atoms with van der Waals surface area (Å²) in [7, 11) is 0. The van der Waals surface area contributed by atoms with Crippen molar-refractivity contribution in [2.45, 2.75) is 5.22 Å². The van der Waals surface area contributed by atoms with E-state index in [1.807, 2.05) is 24.3 Å². The number of rotatable bonds is 5. The molecule has 0 spiro atoms. The first-order valence-electron chi connectivity index (χ1n) is 6.11. The number of Topliss-reactive ketones (excluding diaryl/α,β-unsaturated/α-hetero) is 1. The molecule has 106 valence electrons. The first-order valence-corrected chi connectivity index (χ1v) is 7.89. The average molecular weight is 364 g/mol. The molecule has 3 aromatic rings. The number of hydrogen-bond acceptors (Lipinski definition) is 5. The van der Waals surface area contributed by atoms with Gasteiger partial charge in [0.15, 0.2) is 5.78 Å². The second-order valence-corrected chi connectivity index (χ2v) is 6.02. The van der Waals surface area contributed by atoms with Gasteiger partial charge >= 0.3 is 0 Å². The molecule has 7 heteroatoms. The molecule has 0 aliphatic heterocycles. The van der Waals surface area contributed by atoms with Crippen molar-refractivity contribution in [2.75, 3.05) is 5.75 Å². The summed E-state index contributed by atoms with van der Waals surface area (Å²) < 4.78 is 6.52. The van der Waals surface area contributed by atoms with Crippen molar-refractivity contribution in [3.63, 3.8) is 0 Å². The van der Waals surface area contributed by atoms with Crippen molar-refractivity contribution in [3.8, 4) is 11.5 Å². The molecule has 0 saturated carbocycles. The standard InChI is InChI=1S/C14H10BrN3O2S/c15-10-5-3-9(4-6-10)13-17-18-14(20-13)21-8-12(19)11-2-1-7-16-11/h1-7,16H,8H2. The molecular formula is C14H10BrN3O2S. The van der Waals surface area contributed by atoms with Gasteiger partial charge in [0, 0.05) is 16.2 Å². The van der Waals surface area contributed by atoms with Crippen molar-refractivity contribution in [1.29, 1.82) is 0 Å². The normalized spacial score (nSPS) is 10.7. The number of aromatic nitrogens is 3. The van der Waals surface area contributed by atoms with Crippen molar-refractivity contribution in [2.24, 2.45) is 0 Å². The predicted octanol–water partition coefficient (Wildman–Crippen LogP) is 3.80. The van der Waals surface area contributed by atoms with Crippen LogP contribution in [0.5, 0.6) is 0 Å². The van der Waals surface area contributed by atoms with E-state index in [0.29, 0.717) is 16.8 Å². The third kappa shape index (κ3) is 3.43. The number of nitrogens with one attached hydrogen (secondary N) is 1. The molecule has 0 radical (unpaired) electrons. The Morgan fingerprint density at radius 2 is 2.05 bits per heavy atom. The second-order valence-electron chi connectivity index (χ2n) is 4.18. The fourth-order valence-electron chi connectivity index (χ4n) is 1.69. The van der Waals surface area contributed by atoms with E-state index in [2.05, 4.69) is 31.1 Å². The van der Waals surface area contributed by atoms with Crippen molar-refractivity contribution in [3.05, 3.63) is 52.8 Å². The lowest BCUT2D eigenvalue weighted by molar-refractivity contribution is 0.101. The van der Waals surface area contributed by atoms with E-state index in [1.54, 1.807) is 18.3 Å². The minimum absolute atomic E-state index is 0.00612. The Balaban J connectivity index is 1.65. The van der Waals surface area contributed by atoms with Gasteiger partial charge in [0.25, 0.3) is 5.22 Å². The molecule has 0 aliphatic rings. The summed E-state index contributed by atoms with van der Waals surface area (Å²) in [6, 6.07) is 11.1. The lowest BCUT2D eigenvalue weighted by atomic mass is 10.2. The summed E-state index contributed by atoms with van der Waals surface area (Å²) in [5.41, 5.74) is 1.42. The van der Waals surface area contributed by atoms with Gasteiger partial charge in [-0.2, -0.15) is 0 Å². The smallest absolute Gasteiger partial charge is 0.277 e. The Morgan fingerprint density at radius 3 is 2.76 bits per heavy atom. The van der Waals surface area contributed by atoms with Crippen LogP contribution in [-0.4, -0.2) is 26.7 Å². The van der Waals surface area contributed by atoms with Gasteiger partial charge in [-0.15, -0.1) is 10.2 Å². The minimum Gasteiger partial charge on any atom is -0.411 e. The molecule has 1 N–H and O–H groups in total. The van der Waals surface area contributed by atoms with E-state index < -0.39 is 0 Å². The Kier molecular flexibility index (Phi) is 4.21. The maximum Gasteiger partial charge on any atom is 0.277 e. The largest absolute Gasteiger partial charge is 0.411 e. The van der Waals surface area contributed by atoms with Gasteiger partial charge in [-0.1, -0.05) is 27.7 Å². The van der Waals surface area contributed by atoms with Gasteiger partial charge in [0.2, 0.25) is 5.89 Å². The maximum atomic E-state index is 11.8. The Labute approximate surface area is 133 Å². The van der Waals surface area contributed by atoms with E-state index in [-0.39, 0.29) is 11.5 Å². The molecule has 2 heterocycles. The minimum atomic E-state index is -0.00612. The third-order valence-electron chi connectivity index (χ3n) is 2.72. The Morgan fingerprint density at radius 1 is 1.24 bits per heavy atom. The zero-order valence-electron chi connectivity index (χ0n) is 10.7. The van der Waals surface area contributed by atoms with Crippen LogP contribution in [0.2, 0.25) is 0 Å². The number of halogens is 1. The lowest BCUT2D eigenvalue weighted by Gasteiger charge is -1.95. The van der Waals surface area contributed by atoms with Crippen molar-refractivity contribution >= 4 is 33.5 Å². The summed E-state index contributed by atoms with van der Waals surface area (Å²) in [4.78, 5) is 14.7. The highest BCUT2D eigenvalue weighted by Crippen LogP contribution is 2.24. The van der Waals surface area contributed by atoms with Gasteiger partial charge in [0.05, 0.1) is 11.4 Å². The summed E-state index contributed by atoms with van der Waals surface area (Å²) in [6.07, 6.45) is 1.72. The number of benzene rings is 1. The number of thioether (sulfide) groups is 1. The summed E-state index contributed by atoms with van der Waals surface area (Å²) in [6.45, 7) is 0. The van der Waals surface area contributed by atoms with E-state index in [1.165, 1.54) is 11.8 Å². The van der Waals surface area contributed by atoms with Crippen LogP contribution in [0.4, 0.5) is 0 Å². The number of nitrogens with zero attached hydrogens (tertiary/aromatic N) is 2. The highest BCUT2D eigenvalue weighted by molar-refractivity contribution is 9.10. The SMILES string of the molecule is O=C(CSc1nnc(-c2ccc(Br)cc2)o1)c1ccc[nH]1. The van der Waals surface area contributed by atoms with E-state index in [9.17, 15) is 4.79 Å². The third-order valence-corrected chi connectivity index (χ3v) is 4.07. The molecule has 0 aliphatic carbocycles. The van der Waals surface area contributed by atoms with Crippen molar-refractivity contribution in [1.82, 2.24) is 15.2 Å². The number of carbonyl (C=O) groups excluding carboxylic acids is 1. The molecule has 0 atom stereocenters. The molecular weight excluding hydrogens is 354 g/mol. The monoisotopic (exact) mass is 363 g/mol. The average Bonchev–Trinajstić information content (AvgIpc) is 3.17.